The van der Waals surface area contributed by atoms with Gasteiger partial charge in [-0.2, -0.15) is 0 Å². The molecule has 0 spiro atoms. The van der Waals surface area contributed by atoms with E-state index in [9.17, 15) is 4.79 Å². The van der Waals surface area contributed by atoms with Gasteiger partial charge in [-0.05, 0) is 47.5 Å². The first-order valence-corrected chi connectivity index (χ1v) is 8.63. The predicted octanol–water partition coefficient (Wildman–Crippen LogP) is 3.28. The second-order valence-electron chi connectivity index (χ2n) is 5.62. The summed E-state index contributed by atoms with van der Waals surface area (Å²) in [4.78, 5) is 15.8. The molecule has 0 atom stereocenters. The van der Waals surface area contributed by atoms with Crippen LogP contribution in [0.25, 0.3) is 0 Å². The Morgan fingerprint density at radius 3 is 2.83 bits per heavy atom. The molecule has 0 N–H and O–H groups in total. The zero-order chi connectivity index (χ0) is 16.2. The number of rotatable bonds is 5. The zero-order valence-corrected chi connectivity index (χ0v) is 14.3. The first-order valence-electron chi connectivity index (χ1n) is 7.75. The summed E-state index contributed by atoms with van der Waals surface area (Å²) in [7, 11) is 3.25. The number of hydrogen-bond acceptors (Lipinski definition) is 4. The predicted molar refractivity (Wildman–Crippen MR) is 91.3 cm³/mol. The van der Waals surface area contributed by atoms with Crippen molar-refractivity contribution in [3.05, 3.63) is 45.6 Å². The minimum absolute atomic E-state index is 0.219. The second kappa shape index (κ2) is 7.04. The Hall–Kier alpha value is -2.01. The summed E-state index contributed by atoms with van der Waals surface area (Å²) in [5, 5.41) is 2.11. The van der Waals surface area contributed by atoms with Crippen LogP contribution in [0.2, 0.25) is 0 Å². The summed E-state index contributed by atoms with van der Waals surface area (Å²) >= 11 is 1.79. The molecular weight excluding hydrogens is 310 g/mol. The molecule has 0 unspecified atom stereocenters. The number of ether oxygens (including phenoxy) is 2. The molecule has 0 aliphatic carbocycles. The van der Waals surface area contributed by atoms with E-state index in [0.717, 1.165) is 25.1 Å². The summed E-state index contributed by atoms with van der Waals surface area (Å²) in [6.07, 6.45) is 2.22. The van der Waals surface area contributed by atoms with Crippen LogP contribution >= 0.6 is 11.3 Å². The molecule has 1 aromatic carbocycles. The van der Waals surface area contributed by atoms with Gasteiger partial charge in [-0.1, -0.05) is 6.07 Å². The number of amides is 1. The highest BCUT2D eigenvalue weighted by molar-refractivity contribution is 7.10. The summed E-state index contributed by atoms with van der Waals surface area (Å²) in [6, 6.07) is 7.95. The molecule has 4 nitrogen and oxygen atoms in total. The smallest absolute Gasteiger partial charge is 0.223 e. The van der Waals surface area contributed by atoms with Gasteiger partial charge in [0.1, 0.15) is 0 Å². The highest BCUT2D eigenvalue weighted by atomic mass is 32.1. The van der Waals surface area contributed by atoms with Crippen molar-refractivity contribution in [2.45, 2.75) is 25.8 Å². The van der Waals surface area contributed by atoms with Crippen molar-refractivity contribution in [2.75, 3.05) is 20.8 Å². The lowest BCUT2D eigenvalue weighted by Gasteiger charge is -2.27. The summed E-state index contributed by atoms with van der Waals surface area (Å²) < 4.78 is 10.5. The van der Waals surface area contributed by atoms with Crippen LogP contribution < -0.4 is 9.47 Å². The van der Waals surface area contributed by atoms with Crippen LogP contribution in [0, 0.1) is 0 Å². The average Bonchev–Trinajstić information content (AvgIpc) is 3.06. The van der Waals surface area contributed by atoms with Gasteiger partial charge in [0.25, 0.3) is 0 Å². The van der Waals surface area contributed by atoms with Crippen molar-refractivity contribution >= 4 is 17.2 Å². The third-order valence-electron chi connectivity index (χ3n) is 4.24. The molecule has 0 fully saturated rings. The van der Waals surface area contributed by atoms with Gasteiger partial charge in [0.15, 0.2) is 11.5 Å². The maximum absolute atomic E-state index is 12.5. The highest BCUT2D eigenvalue weighted by Crippen LogP contribution is 2.28. The summed E-state index contributed by atoms with van der Waals surface area (Å²) in [5.41, 5.74) is 2.39. The van der Waals surface area contributed by atoms with Crippen molar-refractivity contribution in [3.63, 3.8) is 0 Å². The molecule has 1 amide bonds. The van der Waals surface area contributed by atoms with Crippen LogP contribution in [0.1, 0.15) is 22.4 Å². The van der Waals surface area contributed by atoms with E-state index in [1.165, 1.54) is 10.4 Å². The fourth-order valence-corrected chi connectivity index (χ4v) is 3.80. The number of nitrogens with zero attached hydrogens (tertiary/aromatic N) is 1. The maximum Gasteiger partial charge on any atom is 0.223 e. The van der Waals surface area contributed by atoms with E-state index in [2.05, 4.69) is 11.4 Å². The van der Waals surface area contributed by atoms with E-state index in [1.54, 1.807) is 25.6 Å². The van der Waals surface area contributed by atoms with Gasteiger partial charge >= 0.3 is 0 Å². The molecule has 1 aliphatic rings. The van der Waals surface area contributed by atoms with Gasteiger partial charge in [0.05, 0.1) is 14.2 Å². The third kappa shape index (κ3) is 3.50. The lowest BCUT2D eigenvalue weighted by Crippen LogP contribution is -2.35. The minimum Gasteiger partial charge on any atom is -0.493 e. The minimum atomic E-state index is 0.219. The summed E-state index contributed by atoms with van der Waals surface area (Å²) in [6.45, 7) is 1.59. The number of aryl methyl sites for hydroxylation is 1. The molecule has 0 bridgehead atoms. The molecule has 3 rings (SSSR count). The highest BCUT2D eigenvalue weighted by Gasteiger charge is 2.21. The number of hydrogen-bond donors (Lipinski definition) is 0. The third-order valence-corrected chi connectivity index (χ3v) is 5.26. The van der Waals surface area contributed by atoms with Crippen LogP contribution in [0.4, 0.5) is 0 Å². The quantitative estimate of drug-likeness (QED) is 0.844. The monoisotopic (exact) mass is 331 g/mol. The number of fused-ring (bicyclic) bond motifs is 1. The average molecular weight is 331 g/mol. The van der Waals surface area contributed by atoms with Crippen molar-refractivity contribution in [3.8, 4) is 11.5 Å². The molecule has 5 heteroatoms. The van der Waals surface area contributed by atoms with Crippen molar-refractivity contribution in [1.82, 2.24) is 4.90 Å². The van der Waals surface area contributed by atoms with Crippen LogP contribution in [-0.4, -0.2) is 31.6 Å². The Bertz CT molecular complexity index is 695. The number of methoxy groups -OCH3 is 2. The maximum atomic E-state index is 12.5. The van der Waals surface area contributed by atoms with Gasteiger partial charge in [-0.3, -0.25) is 4.79 Å². The van der Waals surface area contributed by atoms with Crippen LogP contribution in [0.5, 0.6) is 11.5 Å². The molecule has 1 aliphatic heterocycles. The van der Waals surface area contributed by atoms with Crippen LogP contribution in [0.3, 0.4) is 0 Å². The van der Waals surface area contributed by atoms with Gasteiger partial charge in [0, 0.05) is 24.4 Å². The van der Waals surface area contributed by atoms with E-state index < -0.39 is 0 Å². The first-order chi connectivity index (χ1) is 11.2. The Morgan fingerprint density at radius 2 is 2.04 bits per heavy atom. The van der Waals surface area contributed by atoms with Crippen molar-refractivity contribution in [1.29, 1.82) is 0 Å². The lowest BCUT2D eigenvalue weighted by atomic mass is 10.1. The zero-order valence-electron chi connectivity index (χ0n) is 13.5. The summed E-state index contributed by atoms with van der Waals surface area (Å²) in [5.74, 6) is 1.64. The molecule has 122 valence electrons. The van der Waals surface area contributed by atoms with Crippen molar-refractivity contribution in [2.24, 2.45) is 0 Å². The topological polar surface area (TPSA) is 38.8 Å². The van der Waals surface area contributed by atoms with Gasteiger partial charge in [0.2, 0.25) is 5.91 Å². The molecule has 1 aromatic heterocycles. The normalized spacial score (nSPS) is 13.6. The SMILES string of the molecule is COc1ccc(CCC(=O)N2CCc3sccc3C2)cc1OC. The molecular formula is C18H21NO3S. The van der Waals surface area contributed by atoms with Gasteiger partial charge < -0.3 is 14.4 Å². The molecule has 0 saturated heterocycles. The number of thiophene rings is 1. The Morgan fingerprint density at radius 1 is 1.22 bits per heavy atom. The van der Waals surface area contributed by atoms with E-state index in [1.807, 2.05) is 23.1 Å². The van der Waals surface area contributed by atoms with Crippen LogP contribution in [-0.2, 0) is 24.2 Å². The molecule has 2 heterocycles. The molecule has 23 heavy (non-hydrogen) atoms. The Labute approximate surface area is 140 Å². The number of carbonyl (C=O) groups is 1. The largest absolute Gasteiger partial charge is 0.493 e. The van der Waals surface area contributed by atoms with E-state index >= 15 is 0 Å². The van der Waals surface area contributed by atoms with Crippen LogP contribution in [0.15, 0.2) is 29.6 Å². The lowest BCUT2D eigenvalue weighted by molar-refractivity contribution is -0.132. The molecule has 2 aromatic rings. The molecule has 0 saturated carbocycles. The van der Waals surface area contributed by atoms with Gasteiger partial charge in [-0.15, -0.1) is 11.3 Å². The first kappa shape index (κ1) is 15.9. The van der Waals surface area contributed by atoms with E-state index in [0.29, 0.717) is 24.3 Å². The van der Waals surface area contributed by atoms with E-state index in [-0.39, 0.29) is 5.91 Å². The number of benzene rings is 1. The fraction of sp³-hybridized carbons (Fsp3) is 0.389. The van der Waals surface area contributed by atoms with E-state index in [4.69, 9.17) is 9.47 Å². The van der Waals surface area contributed by atoms with Crippen molar-refractivity contribution < 1.29 is 14.3 Å². The Kier molecular flexibility index (Phi) is 4.86. The standard InChI is InChI=1S/C18H21NO3S/c1-21-15-5-3-13(11-16(15)22-2)4-6-18(20)19-9-7-17-14(12-19)8-10-23-17/h3,5,8,10-11H,4,6-7,9,12H2,1-2H3. The second-order valence-corrected chi connectivity index (χ2v) is 6.62. The number of carbonyl (C=O) groups excluding carboxylic acids is 1. The molecule has 0 radical (unpaired) electrons. The Balaban J connectivity index is 1.59. The van der Waals surface area contributed by atoms with Gasteiger partial charge in [-0.25, -0.2) is 0 Å². The fourth-order valence-electron chi connectivity index (χ4n) is 2.91.